The molecule has 4 aromatic rings. The summed E-state index contributed by atoms with van der Waals surface area (Å²) in [6.07, 6.45) is 12.3. The molecule has 0 aliphatic rings. The lowest BCUT2D eigenvalue weighted by atomic mass is 10.2. The number of unbranched alkanes of at least 4 members (excludes halogenated alkanes) is 6. The SMILES string of the molecule is CCCCOc1ccc(N=Cc2ccc(OCCCCCOC(=O)CC(=O)OCCCCCOc3ccc(C=Nc4ccc(OCCCC)cc4)cc3)cc2)cc1. The van der Waals surface area contributed by atoms with Crippen LogP contribution in [0, 0.1) is 0 Å². The van der Waals surface area contributed by atoms with Crippen LogP contribution in [-0.4, -0.2) is 64.0 Å². The van der Waals surface area contributed by atoms with Crippen LogP contribution in [0.15, 0.2) is 107 Å². The van der Waals surface area contributed by atoms with Gasteiger partial charge >= 0.3 is 11.9 Å². The highest BCUT2D eigenvalue weighted by Gasteiger charge is 2.12. The number of rotatable bonds is 28. The maximum absolute atomic E-state index is 12.0. The first-order valence-corrected chi connectivity index (χ1v) is 20.3. The highest BCUT2D eigenvalue weighted by molar-refractivity contribution is 5.91. The Morgan fingerprint density at radius 2 is 0.737 bits per heavy atom. The number of carbonyl (C=O) groups excluding carboxylic acids is 2. The van der Waals surface area contributed by atoms with Crippen LogP contribution in [-0.2, 0) is 19.1 Å². The molecular formula is C47H58N2O8. The van der Waals surface area contributed by atoms with E-state index in [1.165, 1.54) is 0 Å². The lowest BCUT2D eigenvalue weighted by molar-refractivity contribution is -0.154. The van der Waals surface area contributed by atoms with Crippen molar-refractivity contribution in [1.82, 2.24) is 0 Å². The van der Waals surface area contributed by atoms with Gasteiger partial charge in [0.2, 0.25) is 0 Å². The second-order valence-corrected chi connectivity index (χ2v) is 13.5. The fourth-order valence-corrected chi connectivity index (χ4v) is 5.26. The zero-order chi connectivity index (χ0) is 40.2. The number of hydrogen-bond acceptors (Lipinski definition) is 10. The first-order chi connectivity index (χ1) is 28.0. The van der Waals surface area contributed by atoms with E-state index in [0.29, 0.717) is 26.1 Å². The number of benzene rings is 4. The second-order valence-electron chi connectivity index (χ2n) is 13.5. The van der Waals surface area contributed by atoms with Gasteiger partial charge in [0, 0.05) is 12.4 Å². The third kappa shape index (κ3) is 19.2. The molecule has 0 spiro atoms. The van der Waals surface area contributed by atoms with Crippen molar-refractivity contribution >= 4 is 35.7 Å². The predicted molar refractivity (Wildman–Crippen MR) is 226 cm³/mol. The minimum Gasteiger partial charge on any atom is -0.494 e. The number of hydrogen-bond donors (Lipinski definition) is 0. The maximum Gasteiger partial charge on any atom is 0.317 e. The van der Waals surface area contributed by atoms with Gasteiger partial charge < -0.3 is 28.4 Å². The summed E-state index contributed by atoms with van der Waals surface area (Å²) >= 11 is 0. The Kier molecular flexibility index (Phi) is 20.9. The van der Waals surface area contributed by atoms with Gasteiger partial charge in [0.05, 0.1) is 51.0 Å². The van der Waals surface area contributed by atoms with Crippen molar-refractivity contribution in [1.29, 1.82) is 0 Å². The van der Waals surface area contributed by atoms with Gasteiger partial charge in [0.1, 0.15) is 29.4 Å². The number of carbonyl (C=O) groups is 2. The third-order valence-corrected chi connectivity index (χ3v) is 8.62. The summed E-state index contributed by atoms with van der Waals surface area (Å²) in [6, 6.07) is 31.1. The number of esters is 2. The van der Waals surface area contributed by atoms with Crippen LogP contribution < -0.4 is 18.9 Å². The molecule has 4 rings (SSSR count). The van der Waals surface area contributed by atoms with Crippen LogP contribution in [0.1, 0.15) is 95.6 Å². The zero-order valence-electron chi connectivity index (χ0n) is 33.6. The van der Waals surface area contributed by atoms with Crippen LogP contribution in [0.3, 0.4) is 0 Å². The highest BCUT2D eigenvalue weighted by Crippen LogP contribution is 2.21. The molecule has 0 unspecified atom stereocenters. The molecule has 0 N–H and O–H groups in total. The van der Waals surface area contributed by atoms with Crippen molar-refractivity contribution in [2.45, 2.75) is 84.5 Å². The molecule has 0 aliphatic carbocycles. The topological polar surface area (TPSA) is 114 Å². The van der Waals surface area contributed by atoms with E-state index in [0.717, 1.165) is 110 Å². The number of ether oxygens (including phenoxy) is 6. The van der Waals surface area contributed by atoms with Gasteiger partial charge in [-0.15, -0.1) is 0 Å². The molecule has 0 heterocycles. The van der Waals surface area contributed by atoms with Gasteiger partial charge in [-0.25, -0.2) is 0 Å². The number of nitrogens with zero attached hydrogens (tertiary/aromatic N) is 2. The molecule has 0 amide bonds. The molecule has 0 atom stereocenters. The van der Waals surface area contributed by atoms with E-state index in [-0.39, 0.29) is 19.6 Å². The van der Waals surface area contributed by atoms with Crippen LogP contribution in [0.4, 0.5) is 11.4 Å². The predicted octanol–water partition coefficient (Wildman–Crippen LogP) is 10.8. The Balaban J connectivity index is 0.950. The Hall–Kier alpha value is -5.64. The van der Waals surface area contributed by atoms with Crippen molar-refractivity contribution in [3.05, 3.63) is 108 Å². The van der Waals surface area contributed by atoms with Crippen LogP contribution >= 0.6 is 0 Å². The zero-order valence-corrected chi connectivity index (χ0v) is 33.6. The Bertz CT molecular complexity index is 1620. The van der Waals surface area contributed by atoms with Gasteiger partial charge in [0.25, 0.3) is 0 Å². The average molecular weight is 779 g/mol. The van der Waals surface area contributed by atoms with Crippen molar-refractivity contribution in [2.24, 2.45) is 9.98 Å². The molecule has 10 nitrogen and oxygen atoms in total. The largest absolute Gasteiger partial charge is 0.494 e. The highest BCUT2D eigenvalue weighted by atomic mass is 16.6. The summed E-state index contributed by atoms with van der Waals surface area (Å²) in [6.45, 7) is 7.38. The fourth-order valence-electron chi connectivity index (χ4n) is 5.26. The van der Waals surface area contributed by atoms with E-state index in [2.05, 4.69) is 23.8 Å². The van der Waals surface area contributed by atoms with E-state index in [1.807, 2.05) is 109 Å². The van der Waals surface area contributed by atoms with E-state index >= 15 is 0 Å². The van der Waals surface area contributed by atoms with Gasteiger partial charge in [-0.2, -0.15) is 0 Å². The molecule has 4 aromatic carbocycles. The lowest BCUT2D eigenvalue weighted by Gasteiger charge is -2.08. The molecule has 0 saturated carbocycles. The Labute approximate surface area is 338 Å². The summed E-state index contributed by atoms with van der Waals surface area (Å²) in [7, 11) is 0. The average Bonchev–Trinajstić information content (AvgIpc) is 3.23. The molecule has 57 heavy (non-hydrogen) atoms. The van der Waals surface area contributed by atoms with Gasteiger partial charge in [0.15, 0.2) is 0 Å². The molecule has 10 heteroatoms. The minimum atomic E-state index is -0.569. The quantitative estimate of drug-likeness (QED) is 0.0242. The lowest BCUT2D eigenvalue weighted by Crippen LogP contribution is -2.15. The van der Waals surface area contributed by atoms with Crippen molar-refractivity contribution in [3.63, 3.8) is 0 Å². The molecule has 304 valence electrons. The molecular weight excluding hydrogens is 721 g/mol. The first kappa shape index (κ1) is 44.1. The van der Waals surface area contributed by atoms with Crippen molar-refractivity contribution in [3.8, 4) is 23.0 Å². The van der Waals surface area contributed by atoms with Crippen LogP contribution in [0.2, 0.25) is 0 Å². The molecule has 0 aliphatic heterocycles. The van der Waals surface area contributed by atoms with E-state index in [4.69, 9.17) is 28.4 Å². The van der Waals surface area contributed by atoms with E-state index in [9.17, 15) is 9.59 Å². The van der Waals surface area contributed by atoms with E-state index < -0.39 is 11.9 Å². The standard InChI is InChI=1S/C47H58N2O8/c1-3-5-29-52-44-25-17-40(18-26-44)48-36-38-13-21-42(22-14-38)54-31-9-7-11-33-56-46(50)35-47(51)57-34-12-8-10-32-55-43-23-15-39(16-24-43)37-49-41-19-27-45(28-20-41)53-30-6-4-2/h13-28,36-37H,3-12,29-35H2,1-2H3. The smallest absolute Gasteiger partial charge is 0.317 e. The summed E-state index contributed by atoms with van der Waals surface area (Å²) in [5, 5.41) is 0. The molecule has 0 aromatic heterocycles. The first-order valence-electron chi connectivity index (χ1n) is 20.3. The van der Waals surface area contributed by atoms with Gasteiger partial charge in [-0.3, -0.25) is 19.6 Å². The Morgan fingerprint density at radius 3 is 1.09 bits per heavy atom. The minimum absolute atomic E-state index is 0.259. The fraction of sp³-hybridized carbons (Fsp3) is 0.404. The monoisotopic (exact) mass is 778 g/mol. The Morgan fingerprint density at radius 1 is 0.421 bits per heavy atom. The summed E-state index contributed by atoms with van der Waals surface area (Å²) in [5.74, 6) is 2.15. The maximum atomic E-state index is 12.0. The molecule has 0 radical (unpaired) electrons. The van der Waals surface area contributed by atoms with Gasteiger partial charge in [-0.05, 0) is 160 Å². The third-order valence-electron chi connectivity index (χ3n) is 8.62. The van der Waals surface area contributed by atoms with Crippen molar-refractivity contribution < 1.29 is 38.0 Å². The second kappa shape index (κ2) is 27.0. The summed E-state index contributed by atoms with van der Waals surface area (Å²) < 4.78 is 33.5. The molecule has 0 fully saturated rings. The summed E-state index contributed by atoms with van der Waals surface area (Å²) in [4.78, 5) is 33.1. The van der Waals surface area contributed by atoms with Crippen LogP contribution in [0.25, 0.3) is 0 Å². The molecule has 0 saturated heterocycles. The normalized spacial score (nSPS) is 11.1. The van der Waals surface area contributed by atoms with Crippen molar-refractivity contribution in [2.75, 3.05) is 39.6 Å². The van der Waals surface area contributed by atoms with Gasteiger partial charge in [-0.1, -0.05) is 26.7 Å². The van der Waals surface area contributed by atoms with Crippen LogP contribution in [0.5, 0.6) is 23.0 Å². The van der Waals surface area contributed by atoms with E-state index in [1.54, 1.807) is 0 Å². The number of aliphatic imine (C=N–C) groups is 2. The molecule has 0 bridgehead atoms. The summed E-state index contributed by atoms with van der Waals surface area (Å²) in [5.41, 5.74) is 3.68.